The third-order valence-corrected chi connectivity index (χ3v) is 3.95. The quantitative estimate of drug-likeness (QED) is 0.771. The molecule has 19 heavy (non-hydrogen) atoms. The van der Waals surface area contributed by atoms with Gasteiger partial charge < -0.3 is 9.64 Å². The van der Waals surface area contributed by atoms with Gasteiger partial charge in [0.1, 0.15) is 0 Å². The molecular formula is C14H19N3O2. The van der Waals surface area contributed by atoms with Crippen LogP contribution in [0.5, 0.6) is 0 Å². The highest BCUT2D eigenvalue weighted by molar-refractivity contribution is 5.79. The van der Waals surface area contributed by atoms with Gasteiger partial charge in [0.2, 0.25) is 5.91 Å². The summed E-state index contributed by atoms with van der Waals surface area (Å²) in [6, 6.07) is 4.20. The van der Waals surface area contributed by atoms with Crippen molar-refractivity contribution in [3.8, 4) is 0 Å². The summed E-state index contributed by atoms with van der Waals surface area (Å²) in [5.41, 5.74) is 1.19. The van der Waals surface area contributed by atoms with E-state index in [1.165, 1.54) is 5.56 Å². The van der Waals surface area contributed by atoms with Gasteiger partial charge in [0, 0.05) is 39.1 Å². The Morgan fingerprint density at radius 1 is 1.42 bits per heavy atom. The van der Waals surface area contributed by atoms with E-state index in [0.717, 1.165) is 19.6 Å². The molecule has 0 unspecified atom stereocenters. The number of hydrogen-bond donors (Lipinski definition) is 0. The molecule has 2 atom stereocenters. The van der Waals surface area contributed by atoms with E-state index in [4.69, 9.17) is 4.74 Å². The van der Waals surface area contributed by atoms with E-state index in [9.17, 15) is 4.79 Å². The molecule has 0 N–H and O–H groups in total. The third kappa shape index (κ3) is 2.62. The fourth-order valence-electron chi connectivity index (χ4n) is 2.87. The minimum atomic E-state index is -0.0332. The lowest BCUT2D eigenvalue weighted by molar-refractivity contribution is -0.133. The normalized spacial score (nSPS) is 28.3. The predicted octanol–water partition coefficient (Wildman–Crippen LogP) is 0.371. The van der Waals surface area contributed by atoms with Crippen molar-refractivity contribution in [1.29, 1.82) is 0 Å². The number of fused-ring (bicyclic) bond motifs is 3. The van der Waals surface area contributed by atoms with Crippen LogP contribution in [-0.2, 0) is 16.1 Å². The molecule has 0 spiro atoms. The molecule has 3 rings (SSSR count). The van der Waals surface area contributed by atoms with E-state index in [1.54, 1.807) is 6.20 Å². The molecular weight excluding hydrogens is 242 g/mol. The van der Waals surface area contributed by atoms with Crippen LogP contribution >= 0.6 is 0 Å². The molecule has 0 saturated carbocycles. The first kappa shape index (κ1) is 12.6. The Kier molecular flexibility index (Phi) is 3.48. The molecule has 2 bridgehead atoms. The van der Waals surface area contributed by atoms with Crippen molar-refractivity contribution in [2.24, 2.45) is 5.92 Å². The number of ether oxygens (including phenoxy) is 1. The first-order chi connectivity index (χ1) is 9.24. The first-order valence-corrected chi connectivity index (χ1v) is 6.69. The van der Waals surface area contributed by atoms with Gasteiger partial charge in [-0.15, -0.1) is 0 Å². The van der Waals surface area contributed by atoms with Crippen LogP contribution in [0.4, 0.5) is 0 Å². The number of rotatable bonds is 2. The minimum Gasteiger partial charge on any atom is -0.378 e. The van der Waals surface area contributed by atoms with Gasteiger partial charge in [0.15, 0.2) is 0 Å². The highest BCUT2D eigenvalue weighted by atomic mass is 16.5. The number of carbonyl (C=O) groups excluding carboxylic acids is 1. The number of carbonyl (C=O) groups is 1. The van der Waals surface area contributed by atoms with E-state index < -0.39 is 0 Å². The Hall–Kier alpha value is -1.46. The summed E-state index contributed by atoms with van der Waals surface area (Å²) in [7, 11) is 1.89. The minimum absolute atomic E-state index is 0.0332. The first-order valence-electron chi connectivity index (χ1n) is 6.69. The topological polar surface area (TPSA) is 45.7 Å². The van der Waals surface area contributed by atoms with Crippen molar-refractivity contribution in [2.45, 2.75) is 12.6 Å². The number of likely N-dealkylation sites (N-methyl/N-ethyl adjacent to an activating group) is 1. The summed E-state index contributed by atoms with van der Waals surface area (Å²) in [5.74, 6) is 0.186. The van der Waals surface area contributed by atoms with Gasteiger partial charge in [-0.25, -0.2) is 0 Å². The monoisotopic (exact) mass is 261 g/mol. The van der Waals surface area contributed by atoms with Crippen LogP contribution in [0.2, 0.25) is 0 Å². The smallest absolute Gasteiger partial charge is 0.229 e. The molecule has 2 saturated heterocycles. The van der Waals surface area contributed by atoms with Gasteiger partial charge in [-0.05, 0) is 11.6 Å². The summed E-state index contributed by atoms with van der Waals surface area (Å²) >= 11 is 0. The van der Waals surface area contributed by atoms with E-state index in [2.05, 4.69) is 16.0 Å². The van der Waals surface area contributed by atoms with Crippen LogP contribution in [0, 0.1) is 5.92 Å². The zero-order valence-electron chi connectivity index (χ0n) is 11.2. The number of nitrogens with zero attached hydrogens (tertiary/aromatic N) is 3. The molecule has 5 nitrogen and oxygen atoms in total. The van der Waals surface area contributed by atoms with Crippen LogP contribution in [0.1, 0.15) is 5.56 Å². The molecule has 2 fully saturated rings. The maximum atomic E-state index is 12.2. The molecule has 1 amide bonds. The second-order valence-corrected chi connectivity index (χ2v) is 5.39. The van der Waals surface area contributed by atoms with Crippen molar-refractivity contribution >= 4 is 5.91 Å². The molecule has 3 heterocycles. The number of amides is 1. The molecule has 2 aliphatic rings. The fourth-order valence-corrected chi connectivity index (χ4v) is 2.87. The molecule has 1 aromatic rings. The standard InChI is InChI=1S/C14H19N3O2/c1-16-13-8-17(6-11-3-2-4-15-5-11)7-12(14(16)18)9-19-10-13/h2-5,12-13H,6-10H2,1H3/t12-,13+/m1/s1. The van der Waals surface area contributed by atoms with E-state index in [-0.39, 0.29) is 17.9 Å². The van der Waals surface area contributed by atoms with Gasteiger partial charge in [0.25, 0.3) is 0 Å². The molecule has 0 aromatic carbocycles. The Morgan fingerprint density at radius 3 is 3.11 bits per heavy atom. The number of pyridine rings is 1. The maximum Gasteiger partial charge on any atom is 0.229 e. The Bertz CT molecular complexity index is 451. The van der Waals surface area contributed by atoms with Crippen molar-refractivity contribution in [3.63, 3.8) is 0 Å². The molecule has 0 aliphatic carbocycles. The van der Waals surface area contributed by atoms with Gasteiger partial charge in [-0.2, -0.15) is 0 Å². The fraction of sp³-hybridized carbons (Fsp3) is 0.571. The van der Waals surface area contributed by atoms with Crippen molar-refractivity contribution < 1.29 is 9.53 Å². The molecule has 1 aromatic heterocycles. The van der Waals surface area contributed by atoms with Crippen molar-refractivity contribution in [1.82, 2.24) is 14.8 Å². The third-order valence-electron chi connectivity index (χ3n) is 3.95. The summed E-state index contributed by atoms with van der Waals surface area (Å²) in [5, 5.41) is 0. The SMILES string of the molecule is CN1C(=O)[C@H]2COC[C@@H]1CN(Cc1cccnc1)C2. The van der Waals surface area contributed by atoms with Gasteiger partial charge in [-0.1, -0.05) is 6.07 Å². The average molecular weight is 261 g/mol. The Balaban J connectivity index is 1.76. The predicted molar refractivity (Wildman–Crippen MR) is 70.4 cm³/mol. The van der Waals surface area contributed by atoms with Gasteiger partial charge in [-0.3, -0.25) is 14.7 Å². The van der Waals surface area contributed by atoms with E-state index >= 15 is 0 Å². The lowest BCUT2D eigenvalue weighted by Crippen LogP contribution is -2.42. The lowest BCUT2D eigenvalue weighted by Gasteiger charge is -2.29. The van der Waals surface area contributed by atoms with Gasteiger partial charge in [0.05, 0.1) is 25.2 Å². The number of aromatic nitrogens is 1. The molecule has 5 heteroatoms. The second kappa shape index (κ2) is 5.27. The average Bonchev–Trinajstić information content (AvgIpc) is 2.58. The van der Waals surface area contributed by atoms with Crippen molar-refractivity contribution in [3.05, 3.63) is 30.1 Å². The summed E-state index contributed by atoms with van der Waals surface area (Å²) in [4.78, 5) is 20.6. The van der Waals surface area contributed by atoms with E-state index in [0.29, 0.717) is 13.2 Å². The zero-order chi connectivity index (χ0) is 13.2. The zero-order valence-corrected chi connectivity index (χ0v) is 11.2. The van der Waals surface area contributed by atoms with Crippen LogP contribution in [0.25, 0.3) is 0 Å². The second-order valence-electron chi connectivity index (χ2n) is 5.39. The summed E-state index contributed by atoms with van der Waals surface area (Å²) in [6.07, 6.45) is 3.68. The highest BCUT2D eigenvalue weighted by Gasteiger charge is 2.36. The number of hydrogen-bond acceptors (Lipinski definition) is 4. The Morgan fingerprint density at radius 2 is 2.32 bits per heavy atom. The molecule has 2 aliphatic heterocycles. The van der Waals surface area contributed by atoms with E-state index in [1.807, 2.05) is 24.2 Å². The molecule has 102 valence electrons. The van der Waals surface area contributed by atoms with Crippen LogP contribution in [0.15, 0.2) is 24.5 Å². The molecule has 0 radical (unpaired) electrons. The lowest BCUT2D eigenvalue weighted by atomic mass is 10.1. The highest BCUT2D eigenvalue weighted by Crippen LogP contribution is 2.20. The summed E-state index contributed by atoms with van der Waals surface area (Å²) < 4.78 is 5.60. The van der Waals surface area contributed by atoms with Crippen LogP contribution in [0.3, 0.4) is 0 Å². The van der Waals surface area contributed by atoms with Crippen molar-refractivity contribution in [2.75, 3.05) is 33.4 Å². The van der Waals surface area contributed by atoms with Gasteiger partial charge >= 0.3 is 0 Å². The maximum absolute atomic E-state index is 12.2. The van der Waals surface area contributed by atoms with Crippen LogP contribution < -0.4 is 0 Å². The Labute approximate surface area is 113 Å². The summed E-state index contributed by atoms with van der Waals surface area (Å²) in [6.45, 7) is 3.68. The van der Waals surface area contributed by atoms with Crippen LogP contribution in [-0.4, -0.2) is 60.1 Å². The largest absolute Gasteiger partial charge is 0.378 e.